The molecule has 0 radical (unpaired) electrons. The van der Waals surface area contributed by atoms with Crippen molar-refractivity contribution in [3.63, 3.8) is 0 Å². The Morgan fingerprint density at radius 2 is 1.19 bits per heavy atom. The first-order chi connectivity index (χ1) is 22.2. The molecule has 0 spiro atoms. The van der Waals surface area contributed by atoms with Crippen molar-refractivity contribution in [1.82, 2.24) is 37.2 Å². The highest BCUT2D eigenvalue weighted by Crippen LogP contribution is 2.06. The molecule has 1 rings (SSSR count). The number of unbranched alkanes of at least 4 members (excludes halogenated alkanes) is 1. The van der Waals surface area contributed by atoms with Gasteiger partial charge in [0.25, 0.3) is 0 Å². The summed E-state index contributed by atoms with van der Waals surface area (Å²) in [4.78, 5) is 103. The van der Waals surface area contributed by atoms with Gasteiger partial charge in [-0.05, 0) is 30.4 Å². The Bertz CT molecular complexity index is 1300. The van der Waals surface area contributed by atoms with Gasteiger partial charge in [0.05, 0.1) is 19.4 Å². The maximum atomic E-state index is 12.5. The van der Waals surface area contributed by atoms with E-state index >= 15 is 0 Å². The Balaban J connectivity index is 2.44. The van der Waals surface area contributed by atoms with E-state index in [1.165, 1.54) is 0 Å². The average molecular weight is 668 g/mol. The molecule has 0 aliphatic rings. The topological polar surface area (TPSA) is 319 Å². The maximum absolute atomic E-state index is 12.5. The molecule has 20 nitrogen and oxygen atoms in total. The third-order valence-electron chi connectivity index (χ3n) is 5.94. The lowest BCUT2D eigenvalue weighted by atomic mass is 10.1. The van der Waals surface area contributed by atoms with Crippen LogP contribution in [-0.2, 0) is 46.5 Å². The fourth-order valence-corrected chi connectivity index (χ4v) is 3.66. The normalized spacial score (nSPS) is 11.5. The quantitative estimate of drug-likeness (QED) is 0.0596. The number of amides is 7. The van der Waals surface area contributed by atoms with Crippen LogP contribution in [0.25, 0.3) is 0 Å². The number of urea groups is 2. The summed E-state index contributed by atoms with van der Waals surface area (Å²) in [5, 5.41) is 51.2. The summed E-state index contributed by atoms with van der Waals surface area (Å²) in [6.07, 6.45) is -0.216. The minimum absolute atomic E-state index is 0.0474. The van der Waals surface area contributed by atoms with Gasteiger partial charge in [0.15, 0.2) is 0 Å². The van der Waals surface area contributed by atoms with Crippen molar-refractivity contribution in [3.8, 4) is 0 Å². The second-order valence-electron chi connectivity index (χ2n) is 9.82. The van der Waals surface area contributed by atoms with Crippen molar-refractivity contribution < 1.29 is 63.6 Å². The van der Waals surface area contributed by atoms with Gasteiger partial charge in [-0.1, -0.05) is 24.3 Å². The molecule has 1 aromatic rings. The Hall–Kier alpha value is -5.95. The summed E-state index contributed by atoms with van der Waals surface area (Å²) >= 11 is 0. The largest absolute Gasteiger partial charge is 0.481 e. The summed E-state index contributed by atoms with van der Waals surface area (Å²) in [7, 11) is 0. The third-order valence-corrected chi connectivity index (χ3v) is 5.94. The lowest BCUT2D eigenvalue weighted by Crippen LogP contribution is -2.50. The van der Waals surface area contributed by atoms with Crippen LogP contribution < -0.4 is 37.2 Å². The van der Waals surface area contributed by atoms with E-state index in [9.17, 15) is 48.3 Å². The lowest BCUT2D eigenvalue weighted by Gasteiger charge is -2.17. The van der Waals surface area contributed by atoms with Crippen LogP contribution in [0.3, 0.4) is 0 Å². The smallest absolute Gasteiger partial charge is 0.326 e. The fraction of sp³-hybridized carbons (Fsp3) is 0.444. The Morgan fingerprint density at radius 3 is 1.79 bits per heavy atom. The van der Waals surface area contributed by atoms with Gasteiger partial charge in [0.2, 0.25) is 17.7 Å². The Morgan fingerprint density at radius 1 is 0.574 bits per heavy atom. The minimum atomic E-state index is -1.50. The van der Waals surface area contributed by atoms with E-state index in [1.807, 2.05) is 10.6 Å². The number of hydrogen-bond donors (Lipinski definition) is 11. The number of benzene rings is 1. The van der Waals surface area contributed by atoms with E-state index in [1.54, 1.807) is 24.3 Å². The molecule has 2 atom stereocenters. The van der Waals surface area contributed by atoms with Crippen molar-refractivity contribution in [1.29, 1.82) is 0 Å². The molecule has 0 saturated heterocycles. The van der Waals surface area contributed by atoms with Crippen LogP contribution in [0.2, 0.25) is 0 Å². The highest BCUT2D eigenvalue weighted by molar-refractivity contribution is 5.93. The Kier molecular flexibility index (Phi) is 17.4. The zero-order chi connectivity index (χ0) is 35.4. The van der Waals surface area contributed by atoms with Crippen molar-refractivity contribution >= 4 is 53.7 Å². The molecule has 0 aliphatic carbocycles. The predicted octanol–water partition coefficient (Wildman–Crippen LogP) is -2.69. The van der Waals surface area contributed by atoms with Gasteiger partial charge in [-0.25, -0.2) is 14.4 Å². The van der Waals surface area contributed by atoms with Crippen LogP contribution in [0.4, 0.5) is 9.59 Å². The van der Waals surface area contributed by atoms with Crippen LogP contribution in [0.5, 0.6) is 0 Å². The number of carboxylic acid groups (broad SMARTS) is 4. The molecule has 1 aromatic carbocycles. The van der Waals surface area contributed by atoms with E-state index in [0.717, 1.165) is 0 Å². The fourth-order valence-electron chi connectivity index (χ4n) is 3.66. The molecule has 47 heavy (non-hydrogen) atoms. The monoisotopic (exact) mass is 667 g/mol. The maximum Gasteiger partial charge on any atom is 0.326 e. The van der Waals surface area contributed by atoms with Gasteiger partial charge in [-0.2, -0.15) is 0 Å². The molecule has 0 aromatic heterocycles. The summed E-state index contributed by atoms with van der Waals surface area (Å²) in [5.74, 6) is -7.72. The van der Waals surface area contributed by atoms with Crippen molar-refractivity contribution in [3.05, 3.63) is 35.4 Å². The van der Waals surface area contributed by atoms with E-state index in [-0.39, 0.29) is 25.9 Å². The predicted molar refractivity (Wildman–Crippen MR) is 158 cm³/mol. The van der Waals surface area contributed by atoms with Gasteiger partial charge in [-0.3, -0.25) is 28.8 Å². The van der Waals surface area contributed by atoms with Gasteiger partial charge in [-0.15, -0.1) is 0 Å². The van der Waals surface area contributed by atoms with Crippen LogP contribution in [-0.4, -0.2) is 112 Å². The van der Waals surface area contributed by atoms with Crippen LogP contribution in [0.1, 0.15) is 36.8 Å². The van der Waals surface area contributed by atoms with Gasteiger partial charge in [0, 0.05) is 13.1 Å². The van der Waals surface area contributed by atoms with Gasteiger partial charge in [0.1, 0.15) is 25.2 Å². The van der Waals surface area contributed by atoms with E-state index in [0.29, 0.717) is 24.0 Å². The highest BCUT2D eigenvalue weighted by atomic mass is 16.4. The molecular weight excluding hydrogens is 630 g/mol. The van der Waals surface area contributed by atoms with Crippen molar-refractivity contribution in [2.24, 2.45) is 0 Å². The van der Waals surface area contributed by atoms with Crippen LogP contribution in [0, 0.1) is 0 Å². The van der Waals surface area contributed by atoms with Crippen LogP contribution in [0.15, 0.2) is 24.3 Å². The van der Waals surface area contributed by atoms with E-state index in [2.05, 4.69) is 26.6 Å². The highest BCUT2D eigenvalue weighted by Gasteiger charge is 2.24. The molecule has 0 fully saturated rings. The molecule has 0 heterocycles. The summed E-state index contributed by atoms with van der Waals surface area (Å²) in [6.45, 7) is -1.64. The molecule has 0 aliphatic heterocycles. The first-order valence-corrected chi connectivity index (χ1v) is 14.0. The average Bonchev–Trinajstić information content (AvgIpc) is 2.99. The van der Waals surface area contributed by atoms with E-state index < -0.39 is 91.8 Å². The number of nitrogens with one attached hydrogen (secondary N) is 7. The number of aliphatic carboxylic acids is 4. The number of hydrogen-bond acceptors (Lipinski definition) is 9. The molecule has 11 N–H and O–H groups in total. The minimum Gasteiger partial charge on any atom is -0.481 e. The second-order valence-corrected chi connectivity index (χ2v) is 9.82. The van der Waals surface area contributed by atoms with Crippen LogP contribution >= 0.6 is 0 Å². The summed E-state index contributed by atoms with van der Waals surface area (Å²) in [6, 6.07) is 2.26. The number of carboxylic acids is 4. The first-order valence-electron chi connectivity index (χ1n) is 14.0. The standard InChI is InChI=1S/C27H37N7O13/c35-19(33-18(10-21(37)38)24(43)30-12-20(36)29-13-22(39)40)9-15-4-6-16(7-5-15)11-31-26(46)28-8-2-1-3-17(25(44)45)34-27(47)32-14-23(41)42/h4-7,17-18H,1-3,8-14H2,(H,29,36)(H,30,43)(H,33,35)(H,37,38)(H,39,40)(H,41,42)(H,44,45)(H2,28,31,46)(H2,32,34,47)/t17-,18-/m0/s1. The van der Waals surface area contributed by atoms with E-state index in [4.69, 9.17) is 15.3 Å². The zero-order valence-electron chi connectivity index (χ0n) is 25.0. The number of carbonyl (C=O) groups is 9. The number of carbonyl (C=O) groups excluding carboxylic acids is 5. The van der Waals surface area contributed by atoms with Gasteiger partial charge >= 0.3 is 35.9 Å². The third kappa shape index (κ3) is 18.5. The zero-order valence-corrected chi connectivity index (χ0v) is 25.0. The van der Waals surface area contributed by atoms with Crippen molar-refractivity contribution in [2.75, 3.05) is 26.2 Å². The Labute approximate surface area is 267 Å². The lowest BCUT2D eigenvalue weighted by molar-refractivity contribution is -0.141. The molecular formula is C27H37N7O13. The molecule has 258 valence electrons. The molecule has 20 heteroatoms. The van der Waals surface area contributed by atoms with Gasteiger partial charge < -0.3 is 57.6 Å². The van der Waals surface area contributed by atoms with Crippen molar-refractivity contribution in [2.45, 2.75) is 50.7 Å². The molecule has 0 bridgehead atoms. The molecule has 0 saturated carbocycles. The SMILES string of the molecule is O=C(O)CNC(=O)CNC(=O)[C@H](CC(=O)O)NC(=O)Cc1ccc(CNC(=O)NCCCC[C@H](NC(=O)NCC(=O)O)C(=O)O)cc1. The first kappa shape index (κ1) is 39.1. The summed E-state index contributed by atoms with van der Waals surface area (Å²) < 4.78 is 0. The second kappa shape index (κ2) is 20.9. The summed E-state index contributed by atoms with van der Waals surface area (Å²) in [5.41, 5.74) is 1.18. The molecule has 0 unspecified atom stereocenters. The molecule has 7 amide bonds. The number of rotatable bonds is 21.